The second-order valence-corrected chi connectivity index (χ2v) is 5.74. The molecule has 0 N–H and O–H groups in total. The lowest BCUT2D eigenvalue weighted by atomic mass is 10.2. The number of carbonyl (C=O) groups excluding carboxylic acids is 1. The van der Waals surface area contributed by atoms with Crippen LogP contribution in [0.15, 0.2) is 17.0 Å². The predicted octanol–water partition coefficient (Wildman–Crippen LogP) is 3.08. The van der Waals surface area contributed by atoms with E-state index in [0.29, 0.717) is 28.2 Å². The molecule has 22 heavy (non-hydrogen) atoms. The molecule has 2 rings (SSSR count). The molecule has 0 atom stereocenters. The summed E-state index contributed by atoms with van der Waals surface area (Å²) in [5.74, 6) is -0.922. The zero-order chi connectivity index (χ0) is 16.3. The fourth-order valence-electron chi connectivity index (χ4n) is 1.87. The van der Waals surface area contributed by atoms with Gasteiger partial charge in [-0.05, 0) is 25.0 Å². The molecule has 1 aliphatic rings. The fraction of sp³-hybridized carbons (Fsp3) is 0.357. The molecule has 0 bridgehead atoms. The summed E-state index contributed by atoms with van der Waals surface area (Å²) in [5, 5.41) is 19.3. The van der Waals surface area contributed by atoms with Crippen molar-refractivity contribution in [2.45, 2.75) is 25.1 Å². The van der Waals surface area contributed by atoms with Crippen LogP contribution < -0.4 is 0 Å². The van der Waals surface area contributed by atoms with Crippen molar-refractivity contribution in [2.24, 2.45) is 0 Å². The molecule has 114 valence electrons. The summed E-state index contributed by atoms with van der Waals surface area (Å²) in [6.45, 7) is -1.36. The van der Waals surface area contributed by atoms with Crippen LogP contribution in [0.3, 0.4) is 0 Å². The molecule has 8 heteroatoms. The maximum Gasteiger partial charge on any atom is 0.406 e. The minimum Gasteiger partial charge on any atom is -0.326 e. The molecule has 0 spiro atoms. The second kappa shape index (κ2) is 6.20. The van der Waals surface area contributed by atoms with Gasteiger partial charge in [-0.25, -0.2) is 0 Å². The van der Waals surface area contributed by atoms with Crippen molar-refractivity contribution in [3.05, 3.63) is 27.5 Å². The van der Waals surface area contributed by atoms with E-state index in [0.717, 1.165) is 11.3 Å². The lowest BCUT2D eigenvalue weighted by molar-refractivity contribution is -0.159. The molecule has 0 unspecified atom stereocenters. The molecule has 1 aliphatic carbocycles. The van der Waals surface area contributed by atoms with Gasteiger partial charge in [0.2, 0.25) is 0 Å². The lowest BCUT2D eigenvalue weighted by Crippen LogP contribution is -2.41. The number of amides is 1. The standard InChI is InChI=1S/C14H10F3N3OS/c15-14(16,17)8-20(11-1-2-11)13(21)10(6-19)4-12-3-9(5-18)7-22-12/h3-4,7,11H,1-2,8H2. The first-order valence-corrected chi connectivity index (χ1v) is 7.20. The highest BCUT2D eigenvalue weighted by Gasteiger charge is 2.41. The van der Waals surface area contributed by atoms with E-state index in [1.54, 1.807) is 11.4 Å². The van der Waals surface area contributed by atoms with Gasteiger partial charge in [0.15, 0.2) is 0 Å². The van der Waals surface area contributed by atoms with E-state index in [-0.39, 0.29) is 5.57 Å². The number of halogens is 3. The summed E-state index contributed by atoms with van der Waals surface area (Å²) in [4.78, 5) is 13.4. The Bertz CT molecular complexity index is 689. The largest absolute Gasteiger partial charge is 0.406 e. The monoisotopic (exact) mass is 325 g/mol. The Kier molecular flexibility index (Phi) is 4.53. The third kappa shape index (κ3) is 4.09. The highest BCUT2D eigenvalue weighted by molar-refractivity contribution is 7.11. The molecule has 1 heterocycles. The van der Waals surface area contributed by atoms with E-state index in [9.17, 15) is 18.0 Å². The third-order valence-electron chi connectivity index (χ3n) is 2.98. The van der Waals surface area contributed by atoms with E-state index in [1.807, 2.05) is 6.07 Å². The highest BCUT2D eigenvalue weighted by Crippen LogP contribution is 2.31. The number of hydrogen-bond donors (Lipinski definition) is 0. The molecule has 1 amide bonds. The van der Waals surface area contributed by atoms with Crippen molar-refractivity contribution < 1.29 is 18.0 Å². The molecule has 0 aliphatic heterocycles. The first-order valence-electron chi connectivity index (χ1n) is 6.32. The van der Waals surface area contributed by atoms with Crippen molar-refractivity contribution >= 4 is 23.3 Å². The van der Waals surface area contributed by atoms with Gasteiger partial charge in [0.1, 0.15) is 24.3 Å². The van der Waals surface area contributed by atoms with Gasteiger partial charge in [-0.1, -0.05) is 0 Å². The van der Waals surface area contributed by atoms with Crippen LogP contribution in [-0.4, -0.2) is 29.6 Å². The summed E-state index contributed by atoms with van der Waals surface area (Å²) >= 11 is 1.14. The van der Waals surface area contributed by atoms with Crippen LogP contribution in [0.1, 0.15) is 23.3 Å². The van der Waals surface area contributed by atoms with Crippen LogP contribution in [0.4, 0.5) is 13.2 Å². The van der Waals surface area contributed by atoms with Crippen LogP contribution in [0, 0.1) is 22.7 Å². The van der Waals surface area contributed by atoms with Gasteiger partial charge in [0.05, 0.1) is 5.56 Å². The van der Waals surface area contributed by atoms with Crippen LogP contribution >= 0.6 is 11.3 Å². The van der Waals surface area contributed by atoms with Gasteiger partial charge in [-0.3, -0.25) is 4.79 Å². The SMILES string of the molecule is N#CC(=Cc1cc(C#N)cs1)C(=O)N(CC(F)(F)F)C1CC1. The van der Waals surface area contributed by atoms with E-state index >= 15 is 0 Å². The Labute approximate surface area is 128 Å². The molecule has 0 aromatic carbocycles. The van der Waals surface area contributed by atoms with Gasteiger partial charge in [-0.2, -0.15) is 23.7 Å². The third-order valence-corrected chi connectivity index (χ3v) is 3.86. The van der Waals surface area contributed by atoms with Crippen molar-refractivity contribution in [1.82, 2.24) is 4.90 Å². The van der Waals surface area contributed by atoms with Crippen LogP contribution in [0.5, 0.6) is 0 Å². The average Bonchev–Trinajstić information content (AvgIpc) is 3.19. The number of nitriles is 2. The summed E-state index contributed by atoms with van der Waals surface area (Å²) in [6.07, 6.45) is -2.26. The number of rotatable bonds is 4. The Morgan fingerprint density at radius 3 is 2.59 bits per heavy atom. The molecule has 1 fully saturated rings. The Morgan fingerprint density at radius 2 is 2.14 bits per heavy atom. The number of carbonyl (C=O) groups is 1. The summed E-state index contributed by atoms with van der Waals surface area (Å²) in [5.41, 5.74) is 0.0119. The maximum absolute atomic E-state index is 12.6. The smallest absolute Gasteiger partial charge is 0.326 e. The molecular formula is C14H10F3N3OS. The van der Waals surface area contributed by atoms with Gasteiger partial charge in [0, 0.05) is 16.3 Å². The molecule has 1 aromatic heterocycles. The molecule has 0 saturated heterocycles. The normalized spacial score (nSPS) is 15.0. The minimum atomic E-state index is -4.50. The maximum atomic E-state index is 12.6. The van der Waals surface area contributed by atoms with Crippen molar-refractivity contribution in [3.8, 4) is 12.1 Å². The zero-order valence-electron chi connectivity index (χ0n) is 11.2. The van der Waals surface area contributed by atoms with Crippen LogP contribution in [0.2, 0.25) is 0 Å². The van der Waals surface area contributed by atoms with Crippen LogP contribution in [-0.2, 0) is 4.79 Å². The van der Waals surface area contributed by atoms with Crippen LogP contribution in [0.25, 0.3) is 6.08 Å². The quantitative estimate of drug-likeness (QED) is 0.631. The predicted molar refractivity (Wildman–Crippen MR) is 73.4 cm³/mol. The first-order chi connectivity index (χ1) is 10.3. The molecule has 4 nitrogen and oxygen atoms in total. The number of hydrogen-bond acceptors (Lipinski definition) is 4. The topological polar surface area (TPSA) is 67.9 Å². The summed E-state index contributed by atoms with van der Waals surface area (Å²) in [7, 11) is 0. The Balaban J connectivity index is 2.23. The van der Waals surface area contributed by atoms with Gasteiger partial charge >= 0.3 is 6.18 Å². The Hall–Kier alpha value is -2.32. The molecular weight excluding hydrogens is 315 g/mol. The van der Waals surface area contributed by atoms with E-state index < -0.39 is 24.7 Å². The van der Waals surface area contributed by atoms with E-state index in [4.69, 9.17) is 10.5 Å². The zero-order valence-corrected chi connectivity index (χ0v) is 12.0. The summed E-state index contributed by atoms with van der Waals surface area (Å²) in [6, 6.07) is 4.57. The molecule has 0 radical (unpaired) electrons. The minimum absolute atomic E-state index is 0.359. The summed E-state index contributed by atoms with van der Waals surface area (Å²) < 4.78 is 37.7. The van der Waals surface area contributed by atoms with E-state index in [1.165, 1.54) is 12.1 Å². The first kappa shape index (κ1) is 16.1. The average molecular weight is 325 g/mol. The van der Waals surface area contributed by atoms with Crippen molar-refractivity contribution in [1.29, 1.82) is 10.5 Å². The number of nitrogens with zero attached hydrogens (tertiary/aromatic N) is 3. The van der Waals surface area contributed by atoms with Crippen molar-refractivity contribution in [2.75, 3.05) is 6.54 Å². The second-order valence-electron chi connectivity index (χ2n) is 4.80. The van der Waals surface area contributed by atoms with Crippen molar-refractivity contribution in [3.63, 3.8) is 0 Å². The fourth-order valence-corrected chi connectivity index (χ4v) is 2.64. The van der Waals surface area contributed by atoms with Gasteiger partial charge in [-0.15, -0.1) is 11.3 Å². The Morgan fingerprint density at radius 1 is 1.45 bits per heavy atom. The van der Waals surface area contributed by atoms with Gasteiger partial charge < -0.3 is 4.90 Å². The lowest BCUT2D eigenvalue weighted by Gasteiger charge is -2.23. The van der Waals surface area contributed by atoms with E-state index in [2.05, 4.69) is 0 Å². The number of thiophene rings is 1. The van der Waals surface area contributed by atoms with Gasteiger partial charge in [0.25, 0.3) is 5.91 Å². The molecule has 1 aromatic rings. The number of alkyl halides is 3. The molecule has 1 saturated carbocycles. The highest BCUT2D eigenvalue weighted by atomic mass is 32.1.